The number of ether oxygens (including phenoxy) is 2. The third-order valence-corrected chi connectivity index (χ3v) is 5.28. The van der Waals surface area contributed by atoms with Gasteiger partial charge >= 0.3 is 0 Å². The number of carbonyl (C=O) groups excluding carboxylic acids is 1. The fraction of sp³-hybridized carbons (Fsp3) is 0.381. The molecule has 0 aromatic heterocycles. The molecule has 2 aliphatic rings. The van der Waals surface area contributed by atoms with Crippen LogP contribution in [0.3, 0.4) is 0 Å². The summed E-state index contributed by atoms with van der Waals surface area (Å²) in [4.78, 5) is 14.7. The van der Waals surface area contributed by atoms with E-state index in [9.17, 15) is 4.79 Å². The van der Waals surface area contributed by atoms with Crippen LogP contribution >= 0.6 is 11.6 Å². The standard InChI is InChI=1S/C21H23ClN2O3/c22-17-4-1-3-15(11-17)13-23-21(25)14-24-8-2-5-18(24)16-6-7-19-20(12-16)27-10-9-26-19/h1,3-4,6-7,11-12,18H,2,5,8-10,13-14H2,(H,23,25)/t18-/m1/s1. The number of halogens is 1. The Bertz CT molecular complexity index is 827. The van der Waals surface area contributed by atoms with Crippen LogP contribution < -0.4 is 14.8 Å². The quantitative estimate of drug-likeness (QED) is 0.853. The number of benzene rings is 2. The van der Waals surface area contributed by atoms with Crippen molar-refractivity contribution in [3.05, 3.63) is 58.6 Å². The van der Waals surface area contributed by atoms with E-state index in [1.165, 1.54) is 5.56 Å². The van der Waals surface area contributed by atoms with Crippen molar-refractivity contribution in [2.24, 2.45) is 0 Å². The first-order valence-electron chi connectivity index (χ1n) is 9.34. The summed E-state index contributed by atoms with van der Waals surface area (Å²) in [5.41, 5.74) is 2.18. The van der Waals surface area contributed by atoms with Gasteiger partial charge in [-0.15, -0.1) is 0 Å². The van der Waals surface area contributed by atoms with E-state index in [2.05, 4.69) is 22.3 Å². The molecule has 0 unspecified atom stereocenters. The number of rotatable bonds is 5. The largest absolute Gasteiger partial charge is 0.486 e. The number of amides is 1. The molecule has 0 radical (unpaired) electrons. The highest BCUT2D eigenvalue weighted by Gasteiger charge is 2.28. The molecule has 2 heterocycles. The van der Waals surface area contributed by atoms with E-state index in [1.807, 2.05) is 30.3 Å². The highest BCUT2D eigenvalue weighted by molar-refractivity contribution is 6.30. The third-order valence-electron chi connectivity index (χ3n) is 5.04. The molecule has 0 spiro atoms. The zero-order chi connectivity index (χ0) is 18.6. The number of hydrogen-bond donors (Lipinski definition) is 1. The van der Waals surface area contributed by atoms with E-state index in [0.29, 0.717) is 31.3 Å². The molecule has 2 aromatic carbocycles. The molecule has 2 aromatic rings. The fourth-order valence-electron chi connectivity index (χ4n) is 3.75. The molecule has 142 valence electrons. The first-order valence-corrected chi connectivity index (χ1v) is 9.71. The van der Waals surface area contributed by atoms with Gasteiger partial charge in [-0.3, -0.25) is 9.69 Å². The highest BCUT2D eigenvalue weighted by atomic mass is 35.5. The lowest BCUT2D eigenvalue weighted by Gasteiger charge is -2.26. The number of fused-ring (bicyclic) bond motifs is 1. The lowest BCUT2D eigenvalue weighted by atomic mass is 10.0. The molecule has 5 nitrogen and oxygen atoms in total. The summed E-state index contributed by atoms with van der Waals surface area (Å²) in [6.07, 6.45) is 2.13. The fourth-order valence-corrected chi connectivity index (χ4v) is 3.96. The van der Waals surface area contributed by atoms with Gasteiger partial charge in [-0.25, -0.2) is 0 Å². The number of carbonyl (C=O) groups is 1. The predicted octanol–water partition coefficient (Wildman–Crippen LogP) is 3.56. The van der Waals surface area contributed by atoms with Crippen LogP contribution in [0.4, 0.5) is 0 Å². The average molecular weight is 387 g/mol. The van der Waals surface area contributed by atoms with Crippen molar-refractivity contribution in [3.63, 3.8) is 0 Å². The van der Waals surface area contributed by atoms with E-state index in [4.69, 9.17) is 21.1 Å². The van der Waals surface area contributed by atoms with Gasteiger partial charge in [0, 0.05) is 17.6 Å². The third kappa shape index (κ3) is 4.37. The number of likely N-dealkylation sites (tertiary alicyclic amines) is 1. The molecule has 1 saturated heterocycles. The normalized spacial score (nSPS) is 19.1. The van der Waals surface area contributed by atoms with Gasteiger partial charge in [0.15, 0.2) is 11.5 Å². The molecule has 2 aliphatic heterocycles. The van der Waals surface area contributed by atoms with Crippen LogP contribution in [0, 0.1) is 0 Å². The maximum absolute atomic E-state index is 12.4. The molecule has 1 fully saturated rings. The van der Waals surface area contributed by atoms with Crippen LogP contribution in [-0.2, 0) is 11.3 Å². The summed E-state index contributed by atoms with van der Waals surface area (Å²) < 4.78 is 11.3. The molecule has 27 heavy (non-hydrogen) atoms. The SMILES string of the molecule is O=C(CN1CCC[C@@H]1c1ccc2c(c1)OCCO2)NCc1cccc(Cl)c1. The Morgan fingerprint density at radius 1 is 1.15 bits per heavy atom. The van der Waals surface area contributed by atoms with E-state index in [0.717, 1.165) is 36.4 Å². The van der Waals surface area contributed by atoms with Gasteiger partial charge in [-0.1, -0.05) is 29.8 Å². The van der Waals surface area contributed by atoms with Crippen molar-refractivity contribution in [2.45, 2.75) is 25.4 Å². The maximum atomic E-state index is 12.4. The Labute approximate surface area is 164 Å². The first-order chi connectivity index (χ1) is 13.2. The van der Waals surface area contributed by atoms with Gasteiger partial charge in [0.05, 0.1) is 6.54 Å². The summed E-state index contributed by atoms with van der Waals surface area (Å²) in [6.45, 7) is 2.97. The van der Waals surface area contributed by atoms with Crippen molar-refractivity contribution in [1.29, 1.82) is 0 Å². The van der Waals surface area contributed by atoms with E-state index in [1.54, 1.807) is 0 Å². The van der Waals surface area contributed by atoms with Crippen LogP contribution in [0.15, 0.2) is 42.5 Å². The minimum absolute atomic E-state index is 0.0272. The average Bonchev–Trinajstić information content (AvgIpc) is 3.14. The van der Waals surface area contributed by atoms with Crippen molar-refractivity contribution in [3.8, 4) is 11.5 Å². The lowest BCUT2D eigenvalue weighted by molar-refractivity contribution is -0.122. The van der Waals surface area contributed by atoms with Crippen LogP contribution in [0.2, 0.25) is 5.02 Å². The van der Waals surface area contributed by atoms with Gasteiger partial charge in [-0.2, -0.15) is 0 Å². The molecular weight excluding hydrogens is 364 g/mol. The molecule has 6 heteroatoms. The van der Waals surface area contributed by atoms with Crippen molar-refractivity contribution in [1.82, 2.24) is 10.2 Å². The van der Waals surface area contributed by atoms with Crippen molar-refractivity contribution >= 4 is 17.5 Å². The second-order valence-electron chi connectivity index (χ2n) is 6.94. The Kier molecular flexibility index (Phi) is 5.50. The molecule has 4 rings (SSSR count). The molecule has 0 saturated carbocycles. The van der Waals surface area contributed by atoms with E-state index >= 15 is 0 Å². The predicted molar refractivity (Wildman–Crippen MR) is 104 cm³/mol. The molecule has 1 N–H and O–H groups in total. The molecular formula is C21H23ClN2O3. The van der Waals surface area contributed by atoms with Gasteiger partial charge in [0.25, 0.3) is 0 Å². The van der Waals surface area contributed by atoms with E-state index in [-0.39, 0.29) is 11.9 Å². The molecule has 1 amide bonds. The second-order valence-corrected chi connectivity index (χ2v) is 7.37. The second kappa shape index (κ2) is 8.19. The lowest BCUT2D eigenvalue weighted by Crippen LogP contribution is -2.36. The minimum atomic E-state index is 0.0272. The Hall–Kier alpha value is -2.24. The number of hydrogen-bond acceptors (Lipinski definition) is 4. The van der Waals surface area contributed by atoms with Crippen LogP contribution in [-0.4, -0.2) is 37.1 Å². The van der Waals surface area contributed by atoms with Crippen molar-refractivity contribution < 1.29 is 14.3 Å². The number of nitrogens with one attached hydrogen (secondary N) is 1. The topological polar surface area (TPSA) is 50.8 Å². The van der Waals surface area contributed by atoms with Crippen LogP contribution in [0.5, 0.6) is 11.5 Å². The van der Waals surface area contributed by atoms with Gasteiger partial charge in [0.2, 0.25) is 5.91 Å². The summed E-state index contributed by atoms with van der Waals surface area (Å²) >= 11 is 5.99. The zero-order valence-electron chi connectivity index (χ0n) is 15.1. The highest BCUT2D eigenvalue weighted by Crippen LogP contribution is 2.37. The maximum Gasteiger partial charge on any atom is 0.234 e. The van der Waals surface area contributed by atoms with Gasteiger partial charge in [-0.05, 0) is 54.8 Å². The zero-order valence-corrected chi connectivity index (χ0v) is 15.9. The Balaban J connectivity index is 1.37. The molecule has 1 atom stereocenters. The Morgan fingerprint density at radius 3 is 2.85 bits per heavy atom. The van der Waals surface area contributed by atoms with Gasteiger partial charge in [0.1, 0.15) is 13.2 Å². The minimum Gasteiger partial charge on any atom is -0.486 e. The molecule has 0 bridgehead atoms. The summed E-state index contributed by atoms with van der Waals surface area (Å²) in [5.74, 6) is 1.63. The summed E-state index contributed by atoms with van der Waals surface area (Å²) in [6, 6.07) is 13.9. The van der Waals surface area contributed by atoms with E-state index < -0.39 is 0 Å². The summed E-state index contributed by atoms with van der Waals surface area (Å²) in [5, 5.41) is 3.67. The monoisotopic (exact) mass is 386 g/mol. The Morgan fingerprint density at radius 2 is 2.00 bits per heavy atom. The van der Waals surface area contributed by atoms with Crippen molar-refractivity contribution in [2.75, 3.05) is 26.3 Å². The van der Waals surface area contributed by atoms with Gasteiger partial charge < -0.3 is 14.8 Å². The summed E-state index contributed by atoms with van der Waals surface area (Å²) in [7, 11) is 0. The first kappa shape index (κ1) is 18.1. The van der Waals surface area contributed by atoms with Crippen LogP contribution in [0.25, 0.3) is 0 Å². The smallest absolute Gasteiger partial charge is 0.234 e. The number of nitrogens with zero attached hydrogens (tertiary/aromatic N) is 1. The van der Waals surface area contributed by atoms with Crippen LogP contribution in [0.1, 0.15) is 30.0 Å². The molecule has 0 aliphatic carbocycles.